The van der Waals surface area contributed by atoms with Crippen LogP contribution in [0.1, 0.15) is 23.8 Å². The number of anilines is 1. The van der Waals surface area contributed by atoms with Gasteiger partial charge in [-0.3, -0.25) is 4.79 Å². The van der Waals surface area contributed by atoms with Crippen molar-refractivity contribution in [3.05, 3.63) is 30.0 Å². The molecule has 0 atom stereocenters. The van der Waals surface area contributed by atoms with E-state index in [1.807, 2.05) is 24.3 Å². The SMILES string of the molecule is COCCCNc1c(C(C)=O)nnn1-c1ccc(OC)cc1. The molecule has 0 unspecified atom stereocenters. The van der Waals surface area contributed by atoms with Crippen LogP contribution in [0.15, 0.2) is 24.3 Å². The fourth-order valence-corrected chi connectivity index (χ4v) is 2.01. The van der Waals surface area contributed by atoms with Crippen LogP contribution in [0.5, 0.6) is 5.75 Å². The molecule has 0 saturated carbocycles. The average molecular weight is 304 g/mol. The van der Waals surface area contributed by atoms with E-state index in [-0.39, 0.29) is 5.78 Å². The number of nitrogens with zero attached hydrogens (tertiary/aromatic N) is 3. The minimum absolute atomic E-state index is 0.131. The van der Waals surface area contributed by atoms with Gasteiger partial charge in [0, 0.05) is 27.2 Å². The van der Waals surface area contributed by atoms with Gasteiger partial charge in [-0.15, -0.1) is 5.10 Å². The third kappa shape index (κ3) is 3.62. The first-order valence-corrected chi connectivity index (χ1v) is 7.01. The van der Waals surface area contributed by atoms with E-state index < -0.39 is 0 Å². The van der Waals surface area contributed by atoms with E-state index in [9.17, 15) is 4.79 Å². The highest BCUT2D eigenvalue weighted by molar-refractivity contribution is 5.96. The van der Waals surface area contributed by atoms with Crippen molar-refractivity contribution in [1.82, 2.24) is 15.0 Å². The van der Waals surface area contributed by atoms with Crippen LogP contribution in [0.25, 0.3) is 5.69 Å². The van der Waals surface area contributed by atoms with Crippen LogP contribution in [-0.2, 0) is 4.74 Å². The highest BCUT2D eigenvalue weighted by Gasteiger charge is 2.17. The molecule has 22 heavy (non-hydrogen) atoms. The number of hydrogen-bond donors (Lipinski definition) is 1. The lowest BCUT2D eigenvalue weighted by atomic mass is 10.2. The maximum atomic E-state index is 11.7. The zero-order chi connectivity index (χ0) is 15.9. The maximum Gasteiger partial charge on any atom is 0.183 e. The Morgan fingerprint density at radius 1 is 1.27 bits per heavy atom. The highest BCUT2D eigenvalue weighted by atomic mass is 16.5. The maximum absolute atomic E-state index is 11.7. The van der Waals surface area contributed by atoms with Crippen LogP contribution in [-0.4, -0.2) is 48.1 Å². The number of aromatic nitrogens is 3. The Morgan fingerprint density at radius 2 is 2.00 bits per heavy atom. The summed E-state index contributed by atoms with van der Waals surface area (Å²) in [5.74, 6) is 1.22. The smallest absolute Gasteiger partial charge is 0.183 e. The minimum atomic E-state index is -0.131. The average Bonchev–Trinajstić information content (AvgIpc) is 2.95. The second kappa shape index (κ2) is 7.56. The van der Waals surface area contributed by atoms with E-state index >= 15 is 0 Å². The van der Waals surface area contributed by atoms with Gasteiger partial charge in [0.2, 0.25) is 0 Å². The Hall–Kier alpha value is -2.41. The largest absolute Gasteiger partial charge is 0.497 e. The summed E-state index contributed by atoms with van der Waals surface area (Å²) in [6.45, 7) is 2.78. The Balaban J connectivity index is 2.27. The van der Waals surface area contributed by atoms with Crippen LogP contribution in [0.2, 0.25) is 0 Å². The summed E-state index contributed by atoms with van der Waals surface area (Å²) in [5, 5.41) is 11.3. The summed E-state index contributed by atoms with van der Waals surface area (Å²) in [7, 11) is 3.27. The third-order valence-corrected chi connectivity index (χ3v) is 3.14. The first-order valence-electron chi connectivity index (χ1n) is 7.01. The number of carbonyl (C=O) groups is 1. The Bertz CT molecular complexity index is 622. The summed E-state index contributed by atoms with van der Waals surface area (Å²) < 4.78 is 11.8. The summed E-state index contributed by atoms with van der Waals surface area (Å²) in [4.78, 5) is 11.7. The fraction of sp³-hybridized carbons (Fsp3) is 0.400. The first-order chi connectivity index (χ1) is 10.7. The summed E-state index contributed by atoms with van der Waals surface area (Å²) in [6, 6.07) is 7.38. The molecule has 0 radical (unpaired) electrons. The van der Waals surface area contributed by atoms with Crippen LogP contribution in [0.3, 0.4) is 0 Å². The molecule has 0 aliphatic heterocycles. The molecule has 0 fully saturated rings. The monoisotopic (exact) mass is 304 g/mol. The molecule has 1 N–H and O–H groups in total. The van der Waals surface area contributed by atoms with Gasteiger partial charge >= 0.3 is 0 Å². The lowest BCUT2D eigenvalue weighted by molar-refractivity contribution is 0.101. The third-order valence-electron chi connectivity index (χ3n) is 3.14. The molecule has 0 aliphatic rings. The van der Waals surface area contributed by atoms with E-state index in [4.69, 9.17) is 9.47 Å². The number of benzene rings is 1. The molecule has 2 rings (SSSR count). The Kier molecular flexibility index (Phi) is 5.48. The topological polar surface area (TPSA) is 78.3 Å². The fourth-order valence-electron chi connectivity index (χ4n) is 2.01. The van der Waals surface area contributed by atoms with Crippen molar-refractivity contribution in [2.45, 2.75) is 13.3 Å². The molecule has 7 nitrogen and oxygen atoms in total. The zero-order valence-corrected chi connectivity index (χ0v) is 13.0. The van der Waals surface area contributed by atoms with Crippen molar-refractivity contribution in [1.29, 1.82) is 0 Å². The molecule has 1 aromatic heterocycles. The second-order valence-electron chi connectivity index (χ2n) is 4.73. The molecule has 1 aromatic carbocycles. The standard InChI is InChI=1S/C15H20N4O3/c1-11(20)14-15(16-9-4-10-21-2)19(18-17-14)12-5-7-13(22-3)8-6-12/h5-8,16H,4,9-10H2,1-3H3. The summed E-state index contributed by atoms with van der Waals surface area (Å²) in [6.07, 6.45) is 0.821. The van der Waals surface area contributed by atoms with Gasteiger partial charge in [0.1, 0.15) is 5.75 Å². The molecular formula is C15H20N4O3. The lowest BCUT2D eigenvalue weighted by Gasteiger charge is -2.10. The van der Waals surface area contributed by atoms with Gasteiger partial charge in [-0.2, -0.15) is 4.68 Å². The highest BCUT2D eigenvalue weighted by Crippen LogP contribution is 2.21. The van der Waals surface area contributed by atoms with Crippen LogP contribution in [0, 0.1) is 0 Å². The number of Topliss-reactive ketones (excluding diaryl/α,β-unsaturated/α-hetero) is 1. The molecule has 0 aliphatic carbocycles. The summed E-state index contributed by atoms with van der Waals surface area (Å²) >= 11 is 0. The number of methoxy groups -OCH3 is 2. The molecular weight excluding hydrogens is 284 g/mol. The number of carbonyl (C=O) groups excluding carboxylic acids is 1. The van der Waals surface area contributed by atoms with Crippen LogP contribution < -0.4 is 10.1 Å². The van der Waals surface area contributed by atoms with Crippen molar-refractivity contribution in [3.63, 3.8) is 0 Å². The van der Waals surface area contributed by atoms with E-state index in [0.717, 1.165) is 17.9 Å². The number of hydrogen-bond acceptors (Lipinski definition) is 6. The number of rotatable bonds is 8. The zero-order valence-electron chi connectivity index (χ0n) is 13.0. The molecule has 0 bridgehead atoms. The van der Waals surface area contributed by atoms with Crippen LogP contribution >= 0.6 is 0 Å². The quantitative estimate of drug-likeness (QED) is 0.593. The summed E-state index contributed by atoms with van der Waals surface area (Å²) in [5.41, 5.74) is 1.13. The molecule has 0 saturated heterocycles. The lowest BCUT2D eigenvalue weighted by Crippen LogP contribution is -2.12. The first kappa shape index (κ1) is 16.0. The predicted octanol–water partition coefficient (Wildman–Crippen LogP) is 1.93. The van der Waals surface area contributed by atoms with E-state index in [0.29, 0.717) is 24.7 Å². The molecule has 1 heterocycles. The van der Waals surface area contributed by atoms with Crippen molar-refractivity contribution < 1.29 is 14.3 Å². The molecule has 0 amide bonds. The number of nitrogens with one attached hydrogen (secondary N) is 1. The van der Waals surface area contributed by atoms with Gasteiger partial charge in [0.15, 0.2) is 17.3 Å². The van der Waals surface area contributed by atoms with Crippen molar-refractivity contribution in [2.75, 3.05) is 32.7 Å². The van der Waals surface area contributed by atoms with E-state index in [1.165, 1.54) is 6.92 Å². The van der Waals surface area contributed by atoms with Gasteiger partial charge < -0.3 is 14.8 Å². The van der Waals surface area contributed by atoms with E-state index in [1.54, 1.807) is 18.9 Å². The Labute approximate surface area is 129 Å². The minimum Gasteiger partial charge on any atom is -0.497 e. The van der Waals surface area contributed by atoms with Gasteiger partial charge in [0.05, 0.1) is 12.8 Å². The Morgan fingerprint density at radius 3 is 2.59 bits per heavy atom. The van der Waals surface area contributed by atoms with Gasteiger partial charge in [-0.25, -0.2) is 0 Å². The van der Waals surface area contributed by atoms with Crippen molar-refractivity contribution in [2.24, 2.45) is 0 Å². The molecule has 118 valence electrons. The molecule has 0 spiro atoms. The van der Waals surface area contributed by atoms with E-state index in [2.05, 4.69) is 15.6 Å². The number of ether oxygens (including phenoxy) is 2. The normalized spacial score (nSPS) is 10.5. The molecule has 7 heteroatoms. The van der Waals surface area contributed by atoms with Gasteiger partial charge in [-0.05, 0) is 30.7 Å². The van der Waals surface area contributed by atoms with Crippen LogP contribution in [0.4, 0.5) is 5.82 Å². The van der Waals surface area contributed by atoms with Gasteiger partial charge in [-0.1, -0.05) is 5.21 Å². The predicted molar refractivity (Wildman–Crippen MR) is 82.9 cm³/mol. The number of ketones is 1. The van der Waals surface area contributed by atoms with Crippen molar-refractivity contribution >= 4 is 11.6 Å². The van der Waals surface area contributed by atoms with Gasteiger partial charge in [0.25, 0.3) is 0 Å². The van der Waals surface area contributed by atoms with Crippen molar-refractivity contribution in [3.8, 4) is 11.4 Å². The molecule has 2 aromatic rings. The second-order valence-corrected chi connectivity index (χ2v) is 4.73.